The molecule has 0 saturated carbocycles. The van der Waals surface area contributed by atoms with E-state index in [2.05, 4.69) is 10.2 Å². The van der Waals surface area contributed by atoms with Gasteiger partial charge in [-0.3, -0.25) is 0 Å². The third-order valence-electron chi connectivity index (χ3n) is 1.45. The van der Waals surface area contributed by atoms with Gasteiger partial charge in [-0.2, -0.15) is 5.10 Å². The normalized spacial score (nSPS) is 10.3. The SMILES string of the molecule is COc1cnnc2sccc12. The maximum Gasteiger partial charge on any atom is 0.149 e. The summed E-state index contributed by atoms with van der Waals surface area (Å²) in [5.41, 5.74) is 0. The van der Waals surface area contributed by atoms with E-state index in [9.17, 15) is 0 Å². The highest BCUT2D eigenvalue weighted by atomic mass is 32.1. The topological polar surface area (TPSA) is 35.0 Å². The average molecular weight is 166 g/mol. The van der Waals surface area contributed by atoms with Crippen LogP contribution >= 0.6 is 11.3 Å². The summed E-state index contributed by atoms with van der Waals surface area (Å²) in [5.74, 6) is 0.788. The molecule has 0 bridgehead atoms. The number of nitrogens with zero attached hydrogens (tertiary/aromatic N) is 2. The molecule has 0 unspecified atom stereocenters. The minimum absolute atomic E-state index is 0.788. The zero-order valence-electron chi connectivity index (χ0n) is 5.94. The van der Waals surface area contributed by atoms with Crippen molar-refractivity contribution in [1.29, 1.82) is 0 Å². The predicted molar refractivity (Wildman–Crippen MR) is 44.0 cm³/mol. The van der Waals surface area contributed by atoms with Gasteiger partial charge in [0.1, 0.15) is 10.6 Å². The van der Waals surface area contributed by atoms with Gasteiger partial charge in [-0.1, -0.05) is 0 Å². The third kappa shape index (κ3) is 0.952. The Morgan fingerprint density at radius 2 is 2.45 bits per heavy atom. The predicted octanol–water partition coefficient (Wildman–Crippen LogP) is 1.70. The highest BCUT2D eigenvalue weighted by molar-refractivity contribution is 7.16. The first kappa shape index (κ1) is 6.54. The van der Waals surface area contributed by atoms with E-state index in [1.54, 1.807) is 24.6 Å². The smallest absolute Gasteiger partial charge is 0.149 e. The van der Waals surface area contributed by atoms with Gasteiger partial charge in [-0.05, 0) is 11.4 Å². The van der Waals surface area contributed by atoms with E-state index in [0.29, 0.717) is 0 Å². The molecule has 4 heteroatoms. The quantitative estimate of drug-likeness (QED) is 0.646. The van der Waals surface area contributed by atoms with Crippen molar-refractivity contribution in [2.75, 3.05) is 7.11 Å². The lowest BCUT2D eigenvalue weighted by molar-refractivity contribution is 0.417. The van der Waals surface area contributed by atoms with Crippen LogP contribution in [0.15, 0.2) is 17.6 Å². The van der Waals surface area contributed by atoms with Crippen LogP contribution < -0.4 is 4.74 Å². The molecule has 0 atom stereocenters. The number of hydrogen-bond donors (Lipinski definition) is 0. The molecule has 0 spiro atoms. The van der Waals surface area contributed by atoms with Crippen molar-refractivity contribution in [3.8, 4) is 5.75 Å². The molecule has 2 heterocycles. The zero-order chi connectivity index (χ0) is 7.68. The average Bonchev–Trinajstić information content (AvgIpc) is 2.50. The Balaban J connectivity index is 2.79. The Kier molecular flexibility index (Phi) is 1.47. The fourth-order valence-corrected chi connectivity index (χ4v) is 1.66. The molecule has 0 saturated heterocycles. The maximum absolute atomic E-state index is 5.09. The van der Waals surface area contributed by atoms with Crippen LogP contribution in [0.1, 0.15) is 0 Å². The summed E-state index contributed by atoms with van der Waals surface area (Å²) in [4.78, 5) is 0.921. The zero-order valence-corrected chi connectivity index (χ0v) is 6.76. The maximum atomic E-state index is 5.09. The number of ether oxygens (including phenoxy) is 1. The molecule has 0 N–H and O–H groups in total. The van der Waals surface area contributed by atoms with Gasteiger partial charge >= 0.3 is 0 Å². The van der Waals surface area contributed by atoms with Crippen molar-refractivity contribution in [1.82, 2.24) is 10.2 Å². The Labute approximate surface area is 67.6 Å². The second kappa shape index (κ2) is 2.47. The van der Waals surface area contributed by atoms with Gasteiger partial charge in [-0.25, -0.2) is 0 Å². The fourth-order valence-electron chi connectivity index (χ4n) is 0.932. The van der Waals surface area contributed by atoms with Gasteiger partial charge in [0.25, 0.3) is 0 Å². The van der Waals surface area contributed by atoms with Gasteiger partial charge in [0.05, 0.1) is 18.7 Å². The summed E-state index contributed by atoms with van der Waals surface area (Å²) in [6, 6.07) is 1.98. The minimum Gasteiger partial charge on any atom is -0.494 e. The Hall–Kier alpha value is -1.16. The summed E-state index contributed by atoms with van der Waals surface area (Å²) in [6.45, 7) is 0. The van der Waals surface area contributed by atoms with Gasteiger partial charge in [0, 0.05) is 0 Å². The second-order valence-electron chi connectivity index (χ2n) is 2.05. The monoisotopic (exact) mass is 166 g/mol. The second-order valence-corrected chi connectivity index (χ2v) is 2.95. The van der Waals surface area contributed by atoms with Crippen molar-refractivity contribution < 1.29 is 4.74 Å². The van der Waals surface area contributed by atoms with Crippen LogP contribution in [0.4, 0.5) is 0 Å². The molecule has 0 aromatic carbocycles. The Morgan fingerprint density at radius 3 is 3.27 bits per heavy atom. The molecule has 0 aliphatic rings. The lowest BCUT2D eigenvalue weighted by Crippen LogP contribution is -1.86. The summed E-state index contributed by atoms with van der Waals surface area (Å²) in [6.07, 6.45) is 1.62. The number of hydrogen-bond acceptors (Lipinski definition) is 4. The Bertz CT molecular complexity index is 371. The molecular weight excluding hydrogens is 160 g/mol. The molecule has 0 radical (unpaired) electrons. The van der Waals surface area contributed by atoms with Crippen LogP contribution in [0.25, 0.3) is 10.2 Å². The van der Waals surface area contributed by atoms with E-state index < -0.39 is 0 Å². The minimum atomic E-state index is 0.788. The van der Waals surface area contributed by atoms with Crippen LogP contribution in [-0.2, 0) is 0 Å². The number of thiophene rings is 1. The van der Waals surface area contributed by atoms with E-state index in [1.807, 2.05) is 11.4 Å². The molecule has 11 heavy (non-hydrogen) atoms. The molecule has 3 nitrogen and oxygen atoms in total. The molecule has 2 aromatic heterocycles. The van der Waals surface area contributed by atoms with Gasteiger partial charge < -0.3 is 4.74 Å². The van der Waals surface area contributed by atoms with Crippen LogP contribution in [0.3, 0.4) is 0 Å². The highest BCUT2D eigenvalue weighted by Crippen LogP contribution is 2.25. The molecular formula is C7H6N2OS. The number of rotatable bonds is 1. The summed E-state index contributed by atoms with van der Waals surface area (Å²) < 4.78 is 5.09. The van der Waals surface area contributed by atoms with Crippen molar-refractivity contribution in [3.05, 3.63) is 17.6 Å². The highest BCUT2D eigenvalue weighted by Gasteiger charge is 2.01. The Morgan fingerprint density at radius 1 is 1.55 bits per heavy atom. The third-order valence-corrected chi connectivity index (χ3v) is 2.25. The lowest BCUT2D eigenvalue weighted by Gasteiger charge is -1.97. The fraction of sp³-hybridized carbons (Fsp3) is 0.143. The molecule has 0 fully saturated rings. The first-order valence-corrected chi connectivity index (χ1v) is 4.02. The standard InChI is InChI=1S/C7H6N2OS/c1-10-6-4-8-9-7-5(6)2-3-11-7/h2-4H,1H3. The summed E-state index contributed by atoms with van der Waals surface area (Å²) >= 11 is 1.56. The first-order chi connectivity index (χ1) is 5.42. The van der Waals surface area contributed by atoms with Crippen molar-refractivity contribution in [2.45, 2.75) is 0 Å². The number of fused-ring (bicyclic) bond motifs is 1. The van der Waals surface area contributed by atoms with E-state index in [4.69, 9.17) is 4.74 Å². The number of aromatic nitrogens is 2. The van der Waals surface area contributed by atoms with Gasteiger partial charge in [0.2, 0.25) is 0 Å². The van der Waals surface area contributed by atoms with E-state index in [0.717, 1.165) is 16.0 Å². The van der Waals surface area contributed by atoms with Crippen molar-refractivity contribution in [3.63, 3.8) is 0 Å². The van der Waals surface area contributed by atoms with E-state index in [1.165, 1.54) is 0 Å². The van der Waals surface area contributed by atoms with Gasteiger partial charge in [-0.15, -0.1) is 16.4 Å². The molecule has 2 aromatic rings. The van der Waals surface area contributed by atoms with Crippen molar-refractivity contribution in [2.24, 2.45) is 0 Å². The molecule has 56 valence electrons. The van der Waals surface area contributed by atoms with Crippen LogP contribution in [0.5, 0.6) is 5.75 Å². The van der Waals surface area contributed by atoms with E-state index >= 15 is 0 Å². The summed E-state index contributed by atoms with van der Waals surface area (Å²) in [7, 11) is 1.63. The molecule has 2 rings (SSSR count). The lowest BCUT2D eigenvalue weighted by atomic mass is 10.3. The largest absolute Gasteiger partial charge is 0.494 e. The molecule has 0 aliphatic carbocycles. The molecule has 0 amide bonds. The van der Waals surface area contributed by atoms with Crippen molar-refractivity contribution >= 4 is 21.6 Å². The number of methoxy groups -OCH3 is 1. The van der Waals surface area contributed by atoms with Crippen LogP contribution in [0, 0.1) is 0 Å². The van der Waals surface area contributed by atoms with Crippen LogP contribution in [0.2, 0.25) is 0 Å². The van der Waals surface area contributed by atoms with Crippen LogP contribution in [-0.4, -0.2) is 17.3 Å². The first-order valence-electron chi connectivity index (χ1n) is 3.14. The summed E-state index contributed by atoms with van der Waals surface area (Å²) in [5, 5.41) is 10.7. The van der Waals surface area contributed by atoms with E-state index in [-0.39, 0.29) is 0 Å². The molecule has 0 aliphatic heterocycles. The van der Waals surface area contributed by atoms with Gasteiger partial charge in [0.15, 0.2) is 0 Å².